The summed E-state index contributed by atoms with van der Waals surface area (Å²) in [6.07, 6.45) is 98.4. The Hall–Kier alpha value is -4.22. The summed E-state index contributed by atoms with van der Waals surface area (Å²) >= 11 is 0. The largest absolute Gasteiger partial charge is 0.462 e. The third-order valence-corrected chi connectivity index (χ3v) is 13.1. The molecule has 0 aliphatic carbocycles. The maximum absolute atomic E-state index is 12.3. The van der Waals surface area contributed by atoms with Gasteiger partial charge in [-0.05, 0) is 122 Å². The first-order chi connectivity index (χ1) is 37.6. The number of allylic oxidation sites excluding steroid dienone is 24. The topological polar surface area (TPSA) is 72.8 Å². The first kappa shape index (κ1) is 71.8. The molecule has 0 bridgehead atoms. The molecule has 76 heavy (non-hydrogen) atoms. The molecule has 0 aromatic heterocycles. The molecule has 0 fully saturated rings. The lowest BCUT2D eigenvalue weighted by Crippen LogP contribution is -2.28. The van der Waals surface area contributed by atoms with E-state index < -0.39 is 6.10 Å². The van der Waals surface area contributed by atoms with Crippen LogP contribution >= 0.6 is 0 Å². The maximum atomic E-state index is 12.3. The number of unbranched alkanes of at least 4 members (excludes halogenated alkanes) is 24. The molecule has 1 N–H and O–H groups in total. The lowest BCUT2D eigenvalue weighted by atomic mass is 10.0. The first-order valence-electron chi connectivity index (χ1n) is 31.4. The minimum atomic E-state index is -0.801. The number of hydrogen-bond acceptors (Lipinski definition) is 5. The average molecular weight is 1050 g/mol. The average Bonchev–Trinajstić information content (AvgIpc) is 3.42. The molecule has 0 aromatic rings. The van der Waals surface area contributed by atoms with Crippen LogP contribution in [0.3, 0.4) is 0 Å². The molecule has 0 heterocycles. The molecule has 5 heteroatoms. The Kier molecular flexibility index (Phi) is 61.5. The van der Waals surface area contributed by atoms with Gasteiger partial charge in [0, 0.05) is 12.8 Å². The normalized spacial score (nSPS) is 13.2. The van der Waals surface area contributed by atoms with E-state index in [1.165, 1.54) is 128 Å². The van der Waals surface area contributed by atoms with E-state index in [9.17, 15) is 14.7 Å². The SMILES string of the molecule is CC/C=C\C/C=C\C/C=C\C/C=C\C/C=C\C/C=C\C/C=C\C/C=C\C/C=C\C/C=C\C/C=C\CCCCCC(=O)OC(CO)COC(=O)CCCCCCCCCCCCCCC/C=C\CCCCCCCCCC. The molecule has 0 spiro atoms. The second-order valence-corrected chi connectivity index (χ2v) is 20.4. The number of aliphatic hydroxyl groups is 1. The minimum absolute atomic E-state index is 0.0868. The van der Waals surface area contributed by atoms with Gasteiger partial charge in [-0.2, -0.15) is 0 Å². The molecule has 0 aliphatic rings. The molecule has 0 saturated carbocycles. The highest BCUT2D eigenvalue weighted by molar-refractivity contribution is 5.70. The molecule has 430 valence electrons. The van der Waals surface area contributed by atoms with E-state index in [2.05, 4.69) is 160 Å². The molecule has 0 aromatic carbocycles. The molecular formula is C71H116O5. The van der Waals surface area contributed by atoms with Crippen LogP contribution in [0.15, 0.2) is 146 Å². The fourth-order valence-corrected chi connectivity index (χ4v) is 8.44. The summed E-state index contributed by atoms with van der Waals surface area (Å²) < 4.78 is 10.7. The highest BCUT2D eigenvalue weighted by Crippen LogP contribution is 2.15. The van der Waals surface area contributed by atoms with Gasteiger partial charge in [-0.3, -0.25) is 9.59 Å². The van der Waals surface area contributed by atoms with Gasteiger partial charge in [0.25, 0.3) is 0 Å². The number of ether oxygens (including phenoxy) is 2. The van der Waals surface area contributed by atoms with Crippen LogP contribution in [-0.2, 0) is 19.1 Å². The van der Waals surface area contributed by atoms with E-state index in [0.29, 0.717) is 12.8 Å². The molecule has 1 unspecified atom stereocenters. The number of rotatable bonds is 56. The predicted molar refractivity (Wildman–Crippen MR) is 334 cm³/mol. The second-order valence-electron chi connectivity index (χ2n) is 20.4. The van der Waals surface area contributed by atoms with Gasteiger partial charge in [0.2, 0.25) is 0 Å². The van der Waals surface area contributed by atoms with E-state index in [1.807, 2.05) is 0 Å². The van der Waals surface area contributed by atoms with Crippen molar-refractivity contribution in [3.8, 4) is 0 Å². The summed E-state index contributed by atoms with van der Waals surface area (Å²) in [4.78, 5) is 24.6. The van der Waals surface area contributed by atoms with E-state index in [4.69, 9.17) is 9.47 Å². The summed E-state index contributed by atoms with van der Waals surface area (Å²) in [6.45, 7) is 4.01. The van der Waals surface area contributed by atoms with Crippen LogP contribution in [0, 0.1) is 0 Å². The Morgan fingerprint density at radius 2 is 0.566 bits per heavy atom. The van der Waals surface area contributed by atoms with Crippen molar-refractivity contribution in [3.05, 3.63) is 146 Å². The monoisotopic (exact) mass is 1050 g/mol. The third-order valence-electron chi connectivity index (χ3n) is 13.1. The number of aliphatic hydroxyl groups excluding tert-OH is 1. The summed E-state index contributed by atoms with van der Waals surface area (Å²) in [5, 5.41) is 9.67. The number of carbonyl (C=O) groups is 2. The maximum Gasteiger partial charge on any atom is 0.306 e. The number of esters is 2. The van der Waals surface area contributed by atoms with Gasteiger partial charge in [-0.1, -0.05) is 282 Å². The summed E-state index contributed by atoms with van der Waals surface area (Å²) in [7, 11) is 0. The highest BCUT2D eigenvalue weighted by atomic mass is 16.6. The standard InChI is InChI=1S/C71H116O5/c1-3-5-7-9-11-13-15-17-19-21-23-25-27-29-30-31-32-33-34-35-36-37-38-39-40-42-44-46-48-50-52-54-56-58-60-62-64-66-71(74)76-69(67-72)68-75-70(73)65-63-61-59-57-55-53-51-49-47-45-43-41-28-26-24-22-20-18-16-14-12-10-8-6-4-2/h5,7,11,13,17,19,22-25,29-30,32-33,35-36,38-39,42,44,48,50,54,56,69,72H,3-4,6,8-10,12,14-16,18,20-21,26-28,31,34,37,40-41,43,45-47,49,51-53,55,57-68H2,1-2H3/b7-5-,13-11-,19-17-,24-22-,25-23-,30-29-,33-32-,36-35-,39-38-,44-42-,50-48-,56-54-. The van der Waals surface area contributed by atoms with Crippen molar-refractivity contribution in [3.63, 3.8) is 0 Å². The van der Waals surface area contributed by atoms with Gasteiger partial charge in [0.15, 0.2) is 6.10 Å². The molecule has 5 nitrogen and oxygen atoms in total. The van der Waals surface area contributed by atoms with Gasteiger partial charge in [-0.15, -0.1) is 0 Å². The Balaban J connectivity index is 3.63. The van der Waals surface area contributed by atoms with E-state index in [-0.39, 0.29) is 25.2 Å². The Morgan fingerprint density at radius 3 is 0.882 bits per heavy atom. The van der Waals surface area contributed by atoms with Crippen LogP contribution in [0.5, 0.6) is 0 Å². The smallest absolute Gasteiger partial charge is 0.306 e. The molecule has 1 atom stereocenters. The third kappa shape index (κ3) is 62.3. The summed E-state index contributed by atoms with van der Waals surface area (Å²) in [6, 6.07) is 0. The molecule has 0 aliphatic heterocycles. The molecular weight excluding hydrogens is 933 g/mol. The second kappa shape index (κ2) is 65.1. The highest BCUT2D eigenvalue weighted by Gasteiger charge is 2.16. The van der Waals surface area contributed by atoms with Gasteiger partial charge in [-0.25, -0.2) is 0 Å². The van der Waals surface area contributed by atoms with Crippen molar-refractivity contribution in [2.75, 3.05) is 13.2 Å². The van der Waals surface area contributed by atoms with Crippen LogP contribution in [0.2, 0.25) is 0 Å². The lowest BCUT2D eigenvalue weighted by Gasteiger charge is -2.15. The van der Waals surface area contributed by atoms with E-state index in [0.717, 1.165) is 116 Å². The Labute approximate surface area is 469 Å². The molecule has 0 saturated heterocycles. The predicted octanol–water partition coefficient (Wildman–Crippen LogP) is 21.8. The zero-order chi connectivity index (χ0) is 54.8. The van der Waals surface area contributed by atoms with Crippen molar-refractivity contribution in [1.82, 2.24) is 0 Å². The van der Waals surface area contributed by atoms with Crippen LogP contribution < -0.4 is 0 Å². The van der Waals surface area contributed by atoms with E-state index in [1.54, 1.807) is 0 Å². The number of hydrogen-bond donors (Lipinski definition) is 1. The van der Waals surface area contributed by atoms with Crippen molar-refractivity contribution in [1.29, 1.82) is 0 Å². The zero-order valence-electron chi connectivity index (χ0n) is 49.2. The number of carbonyl (C=O) groups excluding carboxylic acids is 2. The van der Waals surface area contributed by atoms with Crippen molar-refractivity contribution >= 4 is 11.9 Å². The van der Waals surface area contributed by atoms with Gasteiger partial charge >= 0.3 is 11.9 Å². The van der Waals surface area contributed by atoms with Crippen LogP contribution in [0.25, 0.3) is 0 Å². The quantitative estimate of drug-likeness (QED) is 0.0373. The van der Waals surface area contributed by atoms with Crippen LogP contribution in [-0.4, -0.2) is 36.4 Å². The lowest BCUT2D eigenvalue weighted by molar-refractivity contribution is -0.161. The summed E-state index contributed by atoms with van der Waals surface area (Å²) in [5.41, 5.74) is 0. The summed E-state index contributed by atoms with van der Waals surface area (Å²) in [5.74, 6) is -0.632. The van der Waals surface area contributed by atoms with Crippen molar-refractivity contribution in [2.24, 2.45) is 0 Å². The van der Waals surface area contributed by atoms with Crippen LogP contribution in [0.1, 0.15) is 271 Å². The fraction of sp³-hybridized carbons (Fsp3) is 0.634. The minimum Gasteiger partial charge on any atom is -0.462 e. The van der Waals surface area contributed by atoms with Crippen molar-refractivity contribution < 1.29 is 24.2 Å². The zero-order valence-corrected chi connectivity index (χ0v) is 49.2. The van der Waals surface area contributed by atoms with E-state index >= 15 is 0 Å². The first-order valence-corrected chi connectivity index (χ1v) is 31.4. The Morgan fingerprint density at radius 1 is 0.316 bits per heavy atom. The molecule has 0 radical (unpaired) electrons. The van der Waals surface area contributed by atoms with Gasteiger partial charge in [0.05, 0.1) is 6.61 Å². The van der Waals surface area contributed by atoms with Crippen LogP contribution in [0.4, 0.5) is 0 Å². The fourth-order valence-electron chi connectivity index (χ4n) is 8.44. The Bertz CT molecular complexity index is 1610. The molecule has 0 rings (SSSR count). The van der Waals surface area contributed by atoms with Gasteiger partial charge in [0.1, 0.15) is 6.61 Å². The van der Waals surface area contributed by atoms with Crippen molar-refractivity contribution in [2.45, 2.75) is 277 Å². The molecule has 0 amide bonds. The van der Waals surface area contributed by atoms with Gasteiger partial charge < -0.3 is 14.6 Å².